The summed E-state index contributed by atoms with van der Waals surface area (Å²) < 4.78 is 0. The van der Waals surface area contributed by atoms with E-state index in [1.807, 2.05) is 18.5 Å². The summed E-state index contributed by atoms with van der Waals surface area (Å²) in [7, 11) is 0. The van der Waals surface area contributed by atoms with Crippen LogP contribution >= 0.6 is 0 Å². The first-order valence-corrected chi connectivity index (χ1v) is 5.88. The highest BCUT2D eigenvalue weighted by Crippen LogP contribution is 2.21. The van der Waals surface area contributed by atoms with E-state index >= 15 is 0 Å². The minimum atomic E-state index is 1.02. The molecule has 0 radical (unpaired) electrons. The molecule has 0 aromatic carbocycles. The van der Waals surface area contributed by atoms with Crippen LogP contribution in [0.25, 0.3) is 5.57 Å². The standard InChI is InChI=1S/C15H17N/c1-2-5-13-6-3-7-14(10-9-13)15-8-4-11-16-12-15/h4,6-12H,2-3,5H2,1H3. The minimum absolute atomic E-state index is 1.02. The topological polar surface area (TPSA) is 12.9 Å². The lowest BCUT2D eigenvalue weighted by atomic mass is 10.1. The van der Waals surface area contributed by atoms with Crippen molar-refractivity contribution in [3.05, 3.63) is 60.0 Å². The summed E-state index contributed by atoms with van der Waals surface area (Å²) in [6.07, 6.45) is 16.1. The molecule has 0 N–H and O–H groups in total. The van der Waals surface area contributed by atoms with Crippen LogP contribution in [0.5, 0.6) is 0 Å². The Morgan fingerprint density at radius 3 is 2.94 bits per heavy atom. The number of nitrogens with zero attached hydrogens (tertiary/aromatic N) is 1. The maximum absolute atomic E-state index is 4.15. The van der Waals surface area contributed by atoms with E-state index in [-0.39, 0.29) is 0 Å². The lowest BCUT2D eigenvalue weighted by Gasteiger charge is -2.00. The molecule has 2 rings (SSSR count). The van der Waals surface area contributed by atoms with Crippen molar-refractivity contribution >= 4 is 5.57 Å². The van der Waals surface area contributed by atoms with Crippen molar-refractivity contribution in [1.82, 2.24) is 4.98 Å². The van der Waals surface area contributed by atoms with E-state index in [0.29, 0.717) is 0 Å². The first-order chi connectivity index (χ1) is 7.90. The van der Waals surface area contributed by atoms with Crippen LogP contribution in [-0.2, 0) is 0 Å². The second kappa shape index (κ2) is 5.45. The molecule has 0 fully saturated rings. The number of rotatable bonds is 3. The van der Waals surface area contributed by atoms with Crippen molar-refractivity contribution in [2.45, 2.75) is 26.2 Å². The first-order valence-electron chi connectivity index (χ1n) is 5.88. The number of aromatic nitrogens is 1. The van der Waals surface area contributed by atoms with Gasteiger partial charge in [-0.1, -0.05) is 49.3 Å². The maximum atomic E-state index is 4.15. The fraction of sp³-hybridized carbons (Fsp3) is 0.267. The van der Waals surface area contributed by atoms with Crippen LogP contribution < -0.4 is 0 Å². The molecular formula is C15H17N. The Labute approximate surface area is 97.2 Å². The van der Waals surface area contributed by atoms with Crippen LogP contribution in [0, 0.1) is 0 Å². The highest BCUT2D eigenvalue weighted by Gasteiger charge is 2.00. The molecule has 1 heterocycles. The molecule has 0 bridgehead atoms. The molecule has 0 amide bonds. The van der Waals surface area contributed by atoms with Crippen molar-refractivity contribution in [2.24, 2.45) is 0 Å². The van der Waals surface area contributed by atoms with Gasteiger partial charge in [0.05, 0.1) is 0 Å². The van der Waals surface area contributed by atoms with Crippen LogP contribution in [0.1, 0.15) is 31.7 Å². The van der Waals surface area contributed by atoms with Gasteiger partial charge in [0, 0.05) is 12.4 Å². The van der Waals surface area contributed by atoms with Gasteiger partial charge in [-0.2, -0.15) is 0 Å². The van der Waals surface area contributed by atoms with Crippen molar-refractivity contribution in [2.75, 3.05) is 0 Å². The van der Waals surface area contributed by atoms with Crippen LogP contribution in [0.3, 0.4) is 0 Å². The second-order valence-electron chi connectivity index (χ2n) is 4.00. The number of hydrogen-bond acceptors (Lipinski definition) is 1. The first kappa shape index (κ1) is 10.9. The van der Waals surface area contributed by atoms with Crippen LogP contribution in [-0.4, -0.2) is 4.98 Å². The smallest absolute Gasteiger partial charge is 0.0346 e. The van der Waals surface area contributed by atoms with E-state index in [1.54, 1.807) is 0 Å². The zero-order valence-electron chi connectivity index (χ0n) is 9.69. The van der Waals surface area contributed by atoms with Gasteiger partial charge in [0.2, 0.25) is 0 Å². The normalized spacial score (nSPS) is 15.3. The van der Waals surface area contributed by atoms with Gasteiger partial charge in [-0.05, 0) is 30.0 Å². The van der Waals surface area contributed by atoms with Crippen molar-refractivity contribution in [3.8, 4) is 0 Å². The Morgan fingerprint density at radius 1 is 1.25 bits per heavy atom. The number of allylic oxidation sites excluding steroid dienone is 6. The largest absolute Gasteiger partial charge is 0.264 e. The average Bonchev–Trinajstić information content (AvgIpc) is 2.57. The predicted octanol–water partition coefficient (Wildman–Crippen LogP) is 4.15. The van der Waals surface area contributed by atoms with Crippen molar-refractivity contribution < 1.29 is 0 Å². The summed E-state index contributed by atoms with van der Waals surface area (Å²) in [6.45, 7) is 2.22. The van der Waals surface area contributed by atoms with E-state index in [4.69, 9.17) is 0 Å². The third kappa shape index (κ3) is 2.69. The summed E-state index contributed by atoms with van der Waals surface area (Å²) in [5.74, 6) is 0. The monoisotopic (exact) mass is 211 g/mol. The average molecular weight is 211 g/mol. The van der Waals surface area contributed by atoms with Crippen molar-refractivity contribution in [3.63, 3.8) is 0 Å². The van der Waals surface area contributed by atoms with Gasteiger partial charge in [-0.3, -0.25) is 4.98 Å². The van der Waals surface area contributed by atoms with Gasteiger partial charge >= 0.3 is 0 Å². The van der Waals surface area contributed by atoms with E-state index in [2.05, 4.69) is 42.3 Å². The Balaban J connectivity index is 2.16. The molecule has 1 aliphatic carbocycles. The molecule has 1 heteroatoms. The molecule has 0 saturated heterocycles. The quantitative estimate of drug-likeness (QED) is 0.731. The molecule has 16 heavy (non-hydrogen) atoms. The molecule has 1 aromatic rings. The molecule has 82 valence electrons. The molecule has 0 aliphatic heterocycles. The van der Waals surface area contributed by atoms with Gasteiger partial charge in [0.15, 0.2) is 0 Å². The van der Waals surface area contributed by atoms with Gasteiger partial charge < -0.3 is 0 Å². The Kier molecular flexibility index (Phi) is 3.71. The third-order valence-corrected chi connectivity index (χ3v) is 2.73. The fourth-order valence-corrected chi connectivity index (χ4v) is 1.89. The summed E-state index contributed by atoms with van der Waals surface area (Å²) in [6, 6.07) is 4.09. The zero-order chi connectivity index (χ0) is 11.2. The molecule has 0 atom stereocenters. The van der Waals surface area contributed by atoms with Crippen LogP contribution in [0.4, 0.5) is 0 Å². The number of hydrogen-bond donors (Lipinski definition) is 0. The number of pyridine rings is 1. The molecule has 0 saturated carbocycles. The second-order valence-corrected chi connectivity index (χ2v) is 4.00. The maximum Gasteiger partial charge on any atom is 0.0346 e. The highest BCUT2D eigenvalue weighted by atomic mass is 14.6. The van der Waals surface area contributed by atoms with Crippen LogP contribution in [0.2, 0.25) is 0 Å². The Hall–Kier alpha value is -1.63. The summed E-state index contributed by atoms with van der Waals surface area (Å²) in [5.41, 5.74) is 3.91. The minimum Gasteiger partial charge on any atom is -0.264 e. The van der Waals surface area contributed by atoms with E-state index in [0.717, 1.165) is 6.42 Å². The van der Waals surface area contributed by atoms with E-state index in [9.17, 15) is 0 Å². The van der Waals surface area contributed by atoms with Crippen LogP contribution in [0.15, 0.2) is 54.4 Å². The fourth-order valence-electron chi connectivity index (χ4n) is 1.89. The predicted molar refractivity (Wildman–Crippen MR) is 69.0 cm³/mol. The zero-order valence-corrected chi connectivity index (χ0v) is 9.69. The highest BCUT2D eigenvalue weighted by molar-refractivity contribution is 5.74. The lowest BCUT2D eigenvalue weighted by molar-refractivity contribution is 0.922. The molecule has 1 nitrogen and oxygen atoms in total. The molecule has 1 aliphatic rings. The molecular weight excluding hydrogens is 194 g/mol. The third-order valence-electron chi connectivity index (χ3n) is 2.73. The molecule has 0 spiro atoms. The molecule has 1 aromatic heterocycles. The van der Waals surface area contributed by atoms with Gasteiger partial charge in [0.1, 0.15) is 0 Å². The van der Waals surface area contributed by atoms with Gasteiger partial charge in [-0.15, -0.1) is 0 Å². The SMILES string of the molecule is CCCC1=CCC=C(c2cccnc2)C=C1. The van der Waals surface area contributed by atoms with Crippen molar-refractivity contribution in [1.29, 1.82) is 0 Å². The summed E-state index contributed by atoms with van der Waals surface area (Å²) in [4.78, 5) is 4.15. The summed E-state index contributed by atoms with van der Waals surface area (Å²) >= 11 is 0. The van der Waals surface area contributed by atoms with Gasteiger partial charge in [-0.25, -0.2) is 0 Å². The lowest BCUT2D eigenvalue weighted by Crippen LogP contribution is -1.81. The van der Waals surface area contributed by atoms with Gasteiger partial charge in [0.25, 0.3) is 0 Å². The Morgan fingerprint density at radius 2 is 2.19 bits per heavy atom. The summed E-state index contributed by atoms with van der Waals surface area (Å²) in [5, 5.41) is 0. The van der Waals surface area contributed by atoms with E-state index < -0.39 is 0 Å². The molecule has 0 unspecified atom stereocenters. The van der Waals surface area contributed by atoms with E-state index in [1.165, 1.54) is 29.6 Å². The Bertz CT molecular complexity index is 424.